The molecule has 0 saturated carbocycles. The molecular formula is C28H34N6O3. The average Bonchev–Trinajstić information content (AvgIpc) is 3.49. The number of rotatable bonds is 9. The van der Waals surface area contributed by atoms with E-state index < -0.39 is 5.97 Å². The van der Waals surface area contributed by atoms with E-state index in [0.29, 0.717) is 40.6 Å². The molecule has 0 saturated heterocycles. The van der Waals surface area contributed by atoms with E-state index in [1.165, 1.54) is 0 Å². The van der Waals surface area contributed by atoms with Crippen LogP contribution in [0.4, 0.5) is 0 Å². The summed E-state index contributed by atoms with van der Waals surface area (Å²) in [4.78, 5) is 12.7. The van der Waals surface area contributed by atoms with Crippen molar-refractivity contribution in [2.45, 2.75) is 41.2 Å². The van der Waals surface area contributed by atoms with E-state index in [1.54, 1.807) is 36.4 Å². The highest BCUT2D eigenvalue weighted by atomic mass is 16.5. The monoisotopic (exact) mass is 502 g/mol. The highest BCUT2D eigenvalue weighted by Gasteiger charge is 2.26. The molecule has 9 nitrogen and oxygen atoms in total. The number of carbonyl (C=O) groups excluding carboxylic acids is 1. The van der Waals surface area contributed by atoms with Crippen LogP contribution in [-0.4, -0.2) is 44.5 Å². The molecule has 0 fully saturated rings. The number of esters is 1. The minimum Gasteiger partial charge on any atom is -0.497 e. The van der Waals surface area contributed by atoms with Gasteiger partial charge >= 0.3 is 5.97 Å². The second-order valence-electron chi connectivity index (χ2n) is 7.68. The molecule has 0 aliphatic rings. The molecule has 0 N–H and O–H groups in total. The summed E-state index contributed by atoms with van der Waals surface area (Å²) in [5.41, 5.74) is 4.54. The van der Waals surface area contributed by atoms with Crippen LogP contribution in [-0.2, 0) is 23.1 Å². The number of tetrazole rings is 1. The van der Waals surface area contributed by atoms with Gasteiger partial charge in [0, 0.05) is 23.9 Å². The molecule has 0 bridgehead atoms. The summed E-state index contributed by atoms with van der Waals surface area (Å²) < 4.78 is 13.7. The molecule has 0 aliphatic carbocycles. The highest BCUT2D eigenvalue weighted by molar-refractivity contribution is 5.98. The van der Waals surface area contributed by atoms with Crippen molar-refractivity contribution in [2.75, 3.05) is 13.7 Å². The number of aromatic nitrogens is 5. The second-order valence-corrected chi connectivity index (χ2v) is 7.68. The first-order chi connectivity index (χ1) is 17.9. The van der Waals surface area contributed by atoms with Gasteiger partial charge in [-0.1, -0.05) is 56.8 Å². The zero-order chi connectivity index (χ0) is 27.5. The van der Waals surface area contributed by atoms with Gasteiger partial charge in [0.2, 0.25) is 0 Å². The van der Waals surface area contributed by atoms with E-state index in [0.717, 1.165) is 16.7 Å². The van der Waals surface area contributed by atoms with E-state index in [1.807, 2.05) is 64.1 Å². The summed E-state index contributed by atoms with van der Waals surface area (Å²) in [6.07, 6.45) is 5.65. The van der Waals surface area contributed by atoms with E-state index >= 15 is 0 Å². The molecule has 0 radical (unpaired) electrons. The number of carbonyl (C=O) groups is 1. The summed E-state index contributed by atoms with van der Waals surface area (Å²) >= 11 is 0. The Bertz CT molecular complexity index is 1340. The van der Waals surface area contributed by atoms with Crippen molar-refractivity contribution in [3.05, 3.63) is 77.4 Å². The van der Waals surface area contributed by atoms with Gasteiger partial charge in [-0.3, -0.25) is 0 Å². The fraction of sp³-hybridized carbons (Fsp3) is 0.321. The van der Waals surface area contributed by atoms with Crippen LogP contribution in [0.3, 0.4) is 0 Å². The fourth-order valence-electron chi connectivity index (χ4n) is 3.64. The Morgan fingerprint density at radius 1 is 1.19 bits per heavy atom. The lowest BCUT2D eigenvalue weighted by Gasteiger charge is -2.09. The molecule has 1 aromatic carbocycles. The molecule has 0 aliphatic heterocycles. The number of hydrogen-bond acceptors (Lipinski definition) is 7. The summed E-state index contributed by atoms with van der Waals surface area (Å²) in [6.45, 7) is 14.0. The van der Waals surface area contributed by atoms with Crippen molar-refractivity contribution in [1.29, 1.82) is 5.26 Å². The Labute approximate surface area is 218 Å². The highest BCUT2D eigenvalue weighted by Crippen LogP contribution is 2.33. The van der Waals surface area contributed by atoms with Crippen molar-refractivity contribution < 1.29 is 14.3 Å². The predicted molar refractivity (Wildman–Crippen MR) is 143 cm³/mol. The van der Waals surface area contributed by atoms with Crippen LogP contribution in [0, 0.1) is 18.3 Å². The van der Waals surface area contributed by atoms with Gasteiger partial charge in [0.05, 0.1) is 25.8 Å². The summed E-state index contributed by atoms with van der Waals surface area (Å²) in [7, 11) is 3.32. The number of allylic oxidation sites excluding steroid dienone is 4. The molecule has 194 valence electrons. The maximum absolute atomic E-state index is 12.7. The Morgan fingerprint density at radius 3 is 2.41 bits per heavy atom. The third-order valence-corrected chi connectivity index (χ3v) is 5.68. The number of nitrogens with zero attached hydrogens (tertiary/aromatic N) is 6. The average molecular weight is 503 g/mol. The van der Waals surface area contributed by atoms with E-state index in [9.17, 15) is 10.1 Å². The summed E-state index contributed by atoms with van der Waals surface area (Å²) in [5, 5.41) is 21.9. The molecule has 0 unspecified atom stereocenters. The van der Waals surface area contributed by atoms with Crippen molar-refractivity contribution in [3.8, 4) is 28.6 Å². The van der Waals surface area contributed by atoms with Crippen molar-refractivity contribution in [2.24, 2.45) is 7.05 Å². The lowest BCUT2D eigenvalue weighted by molar-refractivity contribution is 0.0516. The molecule has 9 heteroatoms. The maximum Gasteiger partial charge on any atom is 0.355 e. The molecule has 3 aromatic rings. The van der Waals surface area contributed by atoms with Gasteiger partial charge in [-0.25, -0.2) is 9.48 Å². The van der Waals surface area contributed by atoms with Gasteiger partial charge in [0.25, 0.3) is 0 Å². The Morgan fingerprint density at radius 2 is 1.84 bits per heavy atom. The first-order valence-corrected chi connectivity index (χ1v) is 12.1. The minimum absolute atomic E-state index is 0.245. The number of hydrogen-bond donors (Lipinski definition) is 0. The van der Waals surface area contributed by atoms with Crippen LogP contribution in [0.25, 0.3) is 22.5 Å². The maximum atomic E-state index is 12.7. The van der Waals surface area contributed by atoms with Gasteiger partial charge in [-0.05, 0) is 48.4 Å². The lowest BCUT2D eigenvalue weighted by Crippen LogP contribution is -2.11. The van der Waals surface area contributed by atoms with Crippen molar-refractivity contribution in [3.63, 3.8) is 0 Å². The zero-order valence-electron chi connectivity index (χ0n) is 22.6. The molecule has 2 heterocycles. The normalized spacial score (nSPS) is 11.0. The molecule has 0 atom stereocenters. The van der Waals surface area contributed by atoms with Gasteiger partial charge < -0.3 is 14.0 Å². The minimum atomic E-state index is -0.467. The quantitative estimate of drug-likeness (QED) is 0.219. The van der Waals surface area contributed by atoms with Gasteiger partial charge in [0.15, 0.2) is 5.82 Å². The van der Waals surface area contributed by atoms with Crippen molar-refractivity contribution >= 4 is 5.97 Å². The third-order valence-electron chi connectivity index (χ3n) is 5.68. The topological polar surface area (TPSA) is 108 Å². The van der Waals surface area contributed by atoms with Gasteiger partial charge in [-0.2, -0.15) is 5.26 Å². The Hall–Kier alpha value is -4.45. The van der Waals surface area contributed by atoms with Crippen LogP contribution in [0.1, 0.15) is 49.4 Å². The van der Waals surface area contributed by atoms with Crippen LogP contribution >= 0.6 is 0 Å². The second kappa shape index (κ2) is 13.6. The Kier molecular flexibility index (Phi) is 10.6. The number of ether oxygens (including phenoxy) is 2. The SMILES string of the molecule is C=C(/C=C\C(=C/C)Cn1nnnc1-c1ccc(-c2c(C#N)c(C)n(C)c2C(=O)OCC)cc1)OC.CC. The molecule has 3 rings (SSSR count). The molecular weight excluding hydrogens is 468 g/mol. The number of nitriles is 1. The summed E-state index contributed by atoms with van der Waals surface area (Å²) in [6, 6.07) is 9.67. The van der Waals surface area contributed by atoms with Crippen LogP contribution in [0.2, 0.25) is 0 Å². The molecule has 37 heavy (non-hydrogen) atoms. The number of benzene rings is 1. The molecule has 0 amide bonds. The van der Waals surface area contributed by atoms with Crippen LogP contribution in [0.15, 0.2) is 60.4 Å². The van der Waals surface area contributed by atoms with Crippen LogP contribution in [0.5, 0.6) is 0 Å². The third kappa shape index (κ3) is 6.41. The van der Waals surface area contributed by atoms with Crippen LogP contribution < -0.4 is 0 Å². The first-order valence-electron chi connectivity index (χ1n) is 12.1. The lowest BCUT2D eigenvalue weighted by atomic mass is 9.99. The zero-order valence-corrected chi connectivity index (χ0v) is 22.6. The first kappa shape index (κ1) is 28.8. The standard InChI is InChI=1S/C26H28N6O3.C2H6/c1-7-19(10-9-17(3)34-6)16-32-25(28-29-30-32)21-13-11-20(12-14-21)23-22(15-27)18(4)31(5)24(23)26(33)35-8-2;1-2/h7,9-14H,3,8,16H2,1-2,4-6H3;1-2H3/b10-9-,19-7+;. The van der Waals surface area contributed by atoms with E-state index in [-0.39, 0.29) is 6.61 Å². The molecule has 0 spiro atoms. The van der Waals surface area contributed by atoms with E-state index in [4.69, 9.17) is 9.47 Å². The largest absolute Gasteiger partial charge is 0.497 e. The Balaban J connectivity index is 0.00000235. The molecule has 2 aromatic heterocycles. The van der Waals surface area contributed by atoms with Gasteiger partial charge in [-0.15, -0.1) is 5.10 Å². The van der Waals surface area contributed by atoms with E-state index in [2.05, 4.69) is 28.2 Å². The smallest absolute Gasteiger partial charge is 0.355 e. The van der Waals surface area contributed by atoms with Crippen molar-refractivity contribution in [1.82, 2.24) is 24.8 Å². The fourth-order valence-corrected chi connectivity index (χ4v) is 3.64. The predicted octanol–water partition coefficient (Wildman–Crippen LogP) is 5.39. The number of methoxy groups -OCH3 is 1. The summed E-state index contributed by atoms with van der Waals surface area (Å²) in [5.74, 6) is 0.669. The van der Waals surface area contributed by atoms with Gasteiger partial charge in [0.1, 0.15) is 17.5 Å².